The number of carboxylic acid groups (broad SMARTS) is 1. The van der Waals surface area contributed by atoms with E-state index in [1.807, 2.05) is 38.1 Å². The number of hydrogen-bond donors (Lipinski definition) is 1. The zero-order valence-electron chi connectivity index (χ0n) is 15.1. The fourth-order valence-electron chi connectivity index (χ4n) is 3.27. The fraction of sp³-hybridized carbons (Fsp3) is 0.421. The predicted molar refractivity (Wildman–Crippen MR) is 99.7 cm³/mol. The minimum Gasteiger partial charge on any atom is -0.494 e. The van der Waals surface area contributed by atoms with Crippen molar-refractivity contribution in [3.63, 3.8) is 0 Å². The highest BCUT2D eigenvalue weighted by Crippen LogP contribution is 2.32. The zero-order chi connectivity index (χ0) is 18.8. The van der Waals surface area contributed by atoms with Crippen molar-refractivity contribution in [1.82, 2.24) is 9.88 Å². The molecule has 1 fully saturated rings. The normalized spacial score (nSPS) is 19.6. The van der Waals surface area contributed by atoms with E-state index in [-0.39, 0.29) is 11.9 Å². The van der Waals surface area contributed by atoms with Crippen LogP contribution in [0.1, 0.15) is 35.6 Å². The molecule has 1 aromatic heterocycles. The molecule has 2 atom stereocenters. The molecule has 1 saturated heterocycles. The summed E-state index contributed by atoms with van der Waals surface area (Å²) in [5.41, 5.74) is 1.60. The quantitative estimate of drug-likeness (QED) is 0.867. The van der Waals surface area contributed by atoms with Crippen LogP contribution in [0, 0.1) is 12.8 Å². The second-order valence-corrected chi connectivity index (χ2v) is 7.36. The van der Waals surface area contributed by atoms with E-state index in [2.05, 4.69) is 4.98 Å². The van der Waals surface area contributed by atoms with Crippen molar-refractivity contribution in [2.45, 2.75) is 33.2 Å². The summed E-state index contributed by atoms with van der Waals surface area (Å²) < 4.78 is 5.45. The van der Waals surface area contributed by atoms with Crippen LogP contribution in [-0.4, -0.2) is 46.1 Å². The smallest absolute Gasteiger partial charge is 0.308 e. The molecule has 0 bridgehead atoms. The topological polar surface area (TPSA) is 79.7 Å². The van der Waals surface area contributed by atoms with Gasteiger partial charge in [-0.3, -0.25) is 9.59 Å². The molecular weight excluding hydrogens is 352 g/mol. The van der Waals surface area contributed by atoms with E-state index in [0.717, 1.165) is 16.3 Å². The number of aryl methyl sites for hydroxylation is 1. The molecule has 1 aliphatic rings. The molecule has 6 nitrogen and oxygen atoms in total. The summed E-state index contributed by atoms with van der Waals surface area (Å²) in [7, 11) is 0. The Morgan fingerprint density at radius 2 is 2.04 bits per heavy atom. The minimum absolute atomic E-state index is 0.131. The van der Waals surface area contributed by atoms with Gasteiger partial charge in [0.2, 0.25) is 0 Å². The maximum Gasteiger partial charge on any atom is 0.308 e. The lowest BCUT2D eigenvalue weighted by molar-refractivity contribution is -0.142. The summed E-state index contributed by atoms with van der Waals surface area (Å²) in [5, 5.41) is 10.0. The minimum atomic E-state index is -0.844. The summed E-state index contributed by atoms with van der Waals surface area (Å²) in [4.78, 5) is 31.0. The Kier molecular flexibility index (Phi) is 5.27. The molecule has 7 heteroatoms. The number of carbonyl (C=O) groups is 2. The number of aromatic nitrogens is 1. The first-order valence-electron chi connectivity index (χ1n) is 8.66. The third-order valence-corrected chi connectivity index (χ3v) is 5.93. The van der Waals surface area contributed by atoms with Crippen LogP contribution in [0.2, 0.25) is 0 Å². The van der Waals surface area contributed by atoms with Gasteiger partial charge in [0.05, 0.1) is 18.2 Å². The van der Waals surface area contributed by atoms with Gasteiger partial charge < -0.3 is 14.7 Å². The van der Waals surface area contributed by atoms with Crippen LogP contribution in [0.25, 0.3) is 10.6 Å². The highest BCUT2D eigenvalue weighted by molar-refractivity contribution is 7.17. The van der Waals surface area contributed by atoms with Crippen LogP contribution >= 0.6 is 11.3 Å². The first-order chi connectivity index (χ1) is 12.4. The molecule has 3 rings (SSSR count). The van der Waals surface area contributed by atoms with E-state index in [9.17, 15) is 14.7 Å². The number of benzene rings is 1. The van der Waals surface area contributed by atoms with Gasteiger partial charge in [-0.25, -0.2) is 4.98 Å². The van der Waals surface area contributed by atoms with Crippen LogP contribution in [-0.2, 0) is 4.79 Å². The number of carboxylic acids is 1. The van der Waals surface area contributed by atoms with Gasteiger partial charge in [-0.15, -0.1) is 11.3 Å². The van der Waals surface area contributed by atoms with Crippen molar-refractivity contribution in [1.29, 1.82) is 0 Å². The molecule has 2 heterocycles. The lowest BCUT2D eigenvalue weighted by Crippen LogP contribution is -2.37. The number of rotatable bonds is 5. The molecule has 2 unspecified atom stereocenters. The molecule has 2 aromatic rings. The van der Waals surface area contributed by atoms with E-state index in [0.29, 0.717) is 30.1 Å². The third kappa shape index (κ3) is 3.44. The largest absolute Gasteiger partial charge is 0.494 e. The van der Waals surface area contributed by atoms with Crippen molar-refractivity contribution >= 4 is 23.2 Å². The maximum absolute atomic E-state index is 12.9. The van der Waals surface area contributed by atoms with Crippen LogP contribution in [0.3, 0.4) is 0 Å². The van der Waals surface area contributed by atoms with Gasteiger partial charge in [0.1, 0.15) is 15.6 Å². The lowest BCUT2D eigenvalue weighted by Gasteiger charge is -2.22. The van der Waals surface area contributed by atoms with E-state index < -0.39 is 11.9 Å². The Morgan fingerprint density at radius 3 is 2.62 bits per heavy atom. The SMILES string of the molecule is CCOc1ccc(-c2nc(C)c(C(=O)N3CCC(C(=O)O)C3C)s2)cc1. The van der Waals surface area contributed by atoms with Crippen molar-refractivity contribution < 1.29 is 19.4 Å². The molecule has 1 amide bonds. The first-order valence-corrected chi connectivity index (χ1v) is 9.48. The predicted octanol–water partition coefficient (Wildman–Crippen LogP) is 3.45. The van der Waals surface area contributed by atoms with Gasteiger partial charge in [-0.2, -0.15) is 0 Å². The summed E-state index contributed by atoms with van der Waals surface area (Å²) >= 11 is 1.35. The molecule has 1 aliphatic heterocycles. The molecule has 1 N–H and O–H groups in total. The monoisotopic (exact) mass is 374 g/mol. The van der Waals surface area contributed by atoms with Gasteiger partial charge in [-0.05, 0) is 51.5 Å². The van der Waals surface area contributed by atoms with E-state index in [1.54, 1.807) is 11.8 Å². The van der Waals surface area contributed by atoms with Gasteiger partial charge >= 0.3 is 5.97 Å². The second kappa shape index (κ2) is 7.45. The number of aliphatic carboxylic acids is 1. The molecule has 0 aliphatic carbocycles. The Bertz CT molecular complexity index is 815. The van der Waals surface area contributed by atoms with Crippen molar-refractivity contribution in [2.75, 3.05) is 13.2 Å². The van der Waals surface area contributed by atoms with Crippen molar-refractivity contribution in [3.05, 3.63) is 34.8 Å². The van der Waals surface area contributed by atoms with Crippen molar-refractivity contribution in [3.8, 4) is 16.3 Å². The summed E-state index contributed by atoms with van der Waals surface area (Å²) in [6, 6.07) is 7.32. The summed E-state index contributed by atoms with van der Waals surface area (Å²) in [6.07, 6.45) is 0.492. The Morgan fingerprint density at radius 1 is 1.35 bits per heavy atom. The highest BCUT2D eigenvalue weighted by Gasteiger charge is 2.39. The van der Waals surface area contributed by atoms with Gasteiger partial charge in [0.25, 0.3) is 5.91 Å². The molecule has 0 saturated carbocycles. The number of likely N-dealkylation sites (tertiary alicyclic amines) is 1. The Labute approximate surface area is 156 Å². The van der Waals surface area contributed by atoms with E-state index >= 15 is 0 Å². The van der Waals surface area contributed by atoms with E-state index in [1.165, 1.54) is 11.3 Å². The second-order valence-electron chi connectivity index (χ2n) is 6.36. The average Bonchev–Trinajstić information content (AvgIpc) is 3.18. The zero-order valence-corrected chi connectivity index (χ0v) is 15.9. The molecule has 1 aromatic carbocycles. The molecule has 0 radical (unpaired) electrons. The number of carbonyl (C=O) groups excluding carboxylic acids is 1. The van der Waals surface area contributed by atoms with Gasteiger partial charge in [0.15, 0.2) is 0 Å². The molecular formula is C19H22N2O4S. The van der Waals surface area contributed by atoms with Gasteiger partial charge in [0, 0.05) is 18.2 Å². The standard InChI is InChI=1S/C19H22N2O4S/c1-4-25-14-7-5-13(6-8-14)17-20-11(2)16(26-17)18(22)21-10-9-15(12(21)3)19(23)24/h5-8,12,15H,4,9-10H2,1-3H3,(H,23,24). The molecule has 26 heavy (non-hydrogen) atoms. The third-order valence-electron chi connectivity index (χ3n) is 4.74. The van der Waals surface area contributed by atoms with Crippen LogP contribution < -0.4 is 4.74 Å². The van der Waals surface area contributed by atoms with Crippen LogP contribution in [0.15, 0.2) is 24.3 Å². The number of thiazole rings is 1. The molecule has 0 spiro atoms. The van der Waals surface area contributed by atoms with Crippen LogP contribution in [0.4, 0.5) is 0 Å². The van der Waals surface area contributed by atoms with Gasteiger partial charge in [-0.1, -0.05) is 0 Å². The first kappa shape index (κ1) is 18.4. The molecule has 138 valence electrons. The maximum atomic E-state index is 12.9. The fourth-order valence-corrected chi connectivity index (χ4v) is 4.29. The summed E-state index contributed by atoms with van der Waals surface area (Å²) in [5.74, 6) is -0.679. The average molecular weight is 374 g/mol. The Hall–Kier alpha value is -2.41. The lowest BCUT2D eigenvalue weighted by atomic mass is 10.0. The summed E-state index contributed by atoms with van der Waals surface area (Å²) in [6.45, 7) is 6.63. The highest BCUT2D eigenvalue weighted by atomic mass is 32.1. The Balaban J connectivity index is 1.82. The number of amides is 1. The van der Waals surface area contributed by atoms with Crippen LogP contribution in [0.5, 0.6) is 5.75 Å². The number of nitrogens with zero attached hydrogens (tertiary/aromatic N) is 2. The number of hydrogen-bond acceptors (Lipinski definition) is 5. The number of ether oxygens (including phenoxy) is 1. The van der Waals surface area contributed by atoms with E-state index in [4.69, 9.17) is 4.74 Å². The van der Waals surface area contributed by atoms with Crippen molar-refractivity contribution in [2.24, 2.45) is 5.92 Å².